The van der Waals surface area contributed by atoms with Crippen molar-refractivity contribution in [1.82, 2.24) is 19.8 Å². The van der Waals surface area contributed by atoms with Crippen LogP contribution in [-0.2, 0) is 24.4 Å². The van der Waals surface area contributed by atoms with Gasteiger partial charge in [-0.15, -0.1) is 0 Å². The third kappa shape index (κ3) is 3.49. The highest BCUT2D eigenvalue weighted by atomic mass is 16.2. The highest BCUT2D eigenvalue weighted by molar-refractivity contribution is 5.91. The number of carbonyl (C=O) groups is 2. The van der Waals surface area contributed by atoms with Crippen LogP contribution >= 0.6 is 0 Å². The summed E-state index contributed by atoms with van der Waals surface area (Å²) < 4.78 is 1.90. The van der Waals surface area contributed by atoms with Crippen LogP contribution in [0.5, 0.6) is 0 Å². The second-order valence-corrected chi connectivity index (χ2v) is 7.16. The fourth-order valence-corrected chi connectivity index (χ4v) is 3.83. The molecule has 26 heavy (non-hydrogen) atoms. The molecule has 2 heterocycles. The van der Waals surface area contributed by atoms with E-state index in [0.717, 1.165) is 43.5 Å². The van der Waals surface area contributed by atoms with E-state index in [4.69, 9.17) is 0 Å². The molecule has 0 bridgehead atoms. The highest BCUT2D eigenvalue weighted by Crippen LogP contribution is 2.24. The van der Waals surface area contributed by atoms with Gasteiger partial charge in [-0.05, 0) is 18.4 Å². The fourth-order valence-electron chi connectivity index (χ4n) is 3.83. The maximum atomic E-state index is 12.7. The van der Waals surface area contributed by atoms with E-state index >= 15 is 0 Å². The zero-order valence-corrected chi connectivity index (χ0v) is 14.9. The molecule has 6 heteroatoms. The van der Waals surface area contributed by atoms with Gasteiger partial charge in [-0.2, -0.15) is 0 Å². The van der Waals surface area contributed by atoms with Crippen molar-refractivity contribution in [2.45, 2.75) is 45.3 Å². The van der Waals surface area contributed by atoms with E-state index in [1.54, 1.807) is 0 Å². The lowest BCUT2D eigenvalue weighted by molar-refractivity contribution is -0.124. The Morgan fingerprint density at radius 1 is 1.15 bits per heavy atom. The van der Waals surface area contributed by atoms with Crippen molar-refractivity contribution in [3.63, 3.8) is 0 Å². The SMILES string of the molecule is O=C(NCc1cn2c(n1)C(=O)N(Cc1ccccc1)CC2)C1CCCC1. The summed E-state index contributed by atoms with van der Waals surface area (Å²) in [5.74, 6) is 0.687. The van der Waals surface area contributed by atoms with E-state index in [0.29, 0.717) is 25.5 Å². The zero-order chi connectivity index (χ0) is 17.9. The number of aromatic nitrogens is 2. The monoisotopic (exact) mass is 352 g/mol. The summed E-state index contributed by atoms with van der Waals surface area (Å²) in [6, 6.07) is 9.99. The average molecular weight is 352 g/mol. The molecule has 2 aliphatic rings. The number of fused-ring (bicyclic) bond motifs is 1. The topological polar surface area (TPSA) is 67.2 Å². The van der Waals surface area contributed by atoms with Gasteiger partial charge in [0.05, 0.1) is 12.2 Å². The summed E-state index contributed by atoms with van der Waals surface area (Å²) in [5, 5.41) is 2.98. The largest absolute Gasteiger partial charge is 0.350 e. The first kappa shape index (κ1) is 16.8. The van der Waals surface area contributed by atoms with Crippen molar-refractivity contribution >= 4 is 11.8 Å². The van der Waals surface area contributed by atoms with Crippen LogP contribution in [0.3, 0.4) is 0 Å². The summed E-state index contributed by atoms with van der Waals surface area (Å²) in [5.41, 5.74) is 1.87. The lowest BCUT2D eigenvalue weighted by Gasteiger charge is -2.27. The first-order chi connectivity index (χ1) is 12.7. The minimum Gasteiger partial charge on any atom is -0.350 e. The number of benzene rings is 1. The van der Waals surface area contributed by atoms with E-state index in [-0.39, 0.29) is 17.7 Å². The van der Waals surface area contributed by atoms with E-state index in [1.165, 1.54) is 0 Å². The molecule has 0 atom stereocenters. The summed E-state index contributed by atoms with van der Waals surface area (Å²) in [6.07, 6.45) is 6.14. The Kier molecular flexibility index (Phi) is 4.73. The van der Waals surface area contributed by atoms with Crippen LogP contribution in [0.4, 0.5) is 0 Å². The zero-order valence-electron chi connectivity index (χ0n) is 14.9. The van der Waals surface area contributed by atoms with Gasteiger partial charge in [0, 0.05) is 31.7 Å². The summed E-state index contributed by atoms with van der Waals surface area (Å²) in [7, 11) is 0. The minimum absolute atomic E-state index is 0.0477. The molecule has 1 aromatic carbocycles. The van der Waals surface area contributed by atoms with Gasteiger partial charge < -0.3 is 14.8 Å². The standard InChI is InChI=1S/C20H24N4O2/c25-19(16-8-4-5-9-16)21-12-17-14-23-10-11-24(20(26)18(23)22-17)13-15-6-2-1-3-7-15/h1-3,6-7,14,16H,4-5,8-13H2,(H,21,25). The predicted molar refractivity (Wildman–Crippen MR) is 97.2 cm³/mol. The van der Waals surface area contributed by atoms with E-state index in [9.17, 15) is 9.59 Å². The minimum atomic E-state index is -0.0477. The summed E-state index contributed by atoms with van der Waals surface area (Å²) in [6.45, 7) is 2.39. The van der Waals surface area contributed by atoms with Gasteiger partial charge in [-0.25, -0.2) is 4.98 Å². The summed E-state index contributed by atoms with van der Waals surface area (Å²) >= 11 is 0. The molecule has 4 rings (SSSR count). The Labute approximate surface area is 153 Å². The number of hydrogen-bond donors (Lipinski definition) is 1. The third-order valence-electron chi connectivity index (χ3n) is 5.30. The molecular weight excluding hydrogens is 328 g/mol. The second-order valence-electron chi connectivity index (χ2n) is 7.16. The predicted octanol–water partition coefficient (Wildman–Crippen LogP) is 2.35. The van der Waals surface area contributed by atoms with Crippen LogP contribution in [0.15, 0.2) is 36.5 Å². The van der Waals surface area contributed by atoms with Crippen molar-refractivity contribution in [3.8, 4) is 0 Å². The van der Waals surface area contributed by atoms with Crippen molar-refractivity contribution in [2.75, 3.05) is 6.54 Å². The number of nitrogens with zero attached hydrogens (tertiary/aromatic N) is 3. The molecule has 1 aromatic heterocycles. The molecule has 0 unspecified atom stereocenters. The Bertz CT molecular complexity index is 793. The molecule has 0 saturated heterocycles. The van der Waals surface area contributed by atoms with Crippen molar-refractivity contribution in [1.29, 1.82) is 0 Å². The van der Waals surface area contributed by atoms with Gasteiger partial charge in [0.1, 0.15) is 0 Å². The van der Waals surface area contributed by atoms with Gasteiger partial charge >= 0.3 is 0 Å². The van der Waals surface area contributed by atoms with Crippen LogP contribution in [-0.4, -0.2) is 32.8 Å². The van der Waals surface area contributed by atoms with Crippen LogP contribution in [0.2, 0.25) is 0 Å². The molecule has 1 N–H and O–H groups in total. The Morgan fingerprint density at radius 3 is 2.69 bits per heavy atom. The van der Waals surface area contributed by atoms with Crippen molar-refractivity contribution in [2.24, 2.45) is 5.92 Å². The molecular formula is C20H24N4O2. The number of rotatable bonds is 5. The number of imidazole rings is 1. The van der Waals surface area contributed by atoms with Gasteiger partial charge in [-0.3, -0.25) is 9.59 Å². The molecule has 1 saturated carbocycles. The van der Waals surface area contributed by atoms with Crippen LogP contribution in [0.25, 0.3) is 0 Å². The summed E-state index contributed by atoms with van der Waals surface area (Å²) in [4.78, 5) is 31.2. The fraction of sp³-hybridized carbons (Fsp3) is 0.450. The third-order valence-corrected chi connectivity index (χ3v) is 5.30. The van der Waals surface area contributed by atoms with Crippen molar-refractivity contribution in [3.05, 3.63) is 53.6 Å². The normalized spacial score (nSPS) is 17.4. The Balaban J connectivity index is 1.39. The van der Waals surface area contributed by atoms with Gasteiger partial charge in [0.25, 0.3) is 5.91 Å². The van der Waals surface area contributed by atoms with Crippen LogP contribution in [0.1, 0.15) is 47.6 Å². The van der Waals surface area contributed by atoms with Crippen molar-refractivity contribution < 1.29 is 9.59 Å². The van der Waals surface area contributed by atoms with Gasteiger partial charge in [0.15, 0.2) is 5.82 Å². The lowest BCUT2D eigenvalue weighted by Crippen LogP contribution is -2.39. The number of hydrogen-bond acceptors (Lipinski definition) is 3. The van der Waals surface area contributed by atoms with Gasteiger partial charge in [0.2, 0.25) is 5.91 Å². The highest BCUT2D eigenvalue weighted by Gasteiger charge is 2.27. The number of carbonyl (C=O) groups excluding carboxylic acids is 2. The quantitative estimate of drug-likeness (QED) is 0.898. The van der Waals surface area contributed by atoms with Crippen LogP contribution < -0.4 is 5.32 Å². The molecule has 136 valence electrons. The molecule has 2 aromatic rings. The smallest absolute Gasteiger partial charge is 0.290 e. The van der Waals surface area contributed by atoms with E-state index in [1.807, 2.05) is 46.0 Å². The average Bonchev–Trinajstić information content (AvgIpc) is 3.33. The lowest BCUT2D eigenvalue weighted by atomic mass is 10.1. The van der Waals surface area contributed by atoms with E-state index < -0.39 is 0 Å². The Hall–Kier alpha value is -2.63. The van der Waals surface area contributed by atoms with E-state index in [2.05, 4.69) is 10.3 Å². The molecule has 2 amide bonds. The molecule has 1 aliphatic carbocycles. The second kappa shape index (κ2) is 7.32. The maximum absolute atomic E-state index is 12.7. The molecule has 0 spiro atoms. The first-order valence-corrected chi connectivity index (χ1v) is 9.37. The maximum Gasteiger partial charge on any atom is 0.290 e. The first-order valence-electron chi connectivity index (χ1n) is 9.37. The molecule has 1 aliphatic heterocycles. The molecule has 0 radical (unpaired) electrons. The van der Waals surface area contributed by atoms with Gasteiger partial charge in [-0.1, -0.05) is 43.2 Å². The molecule has 6 nitrogen and oxygen atoms in total. The molecule has 1 fully saturated rings. The number of nitrogens with one attached hydrogen (secondary N) is 1. The number of amides is 2. The Morgan fingerprint density at radius 2 is 1.92 bits per heavy atom. The van der Waals surface area contributed by atoms with Crippen LogP contribution in [0, 0.1) is 5.92 Å².